The van der Waals surface area contributed by atoms with Gasteiger partial charge in [-0.05, 0) is 31.2 Å². The number of hydrogen-bond acceptors (Lipinski definition) is 2. The van der Waals surface area contributed by atoms with E-state index in [0.29, 0.717) is 0 Å². The van der Waals surface area contributed by atoms with Gasteiger partial charge in [-0.3, -0.25) is 9.69 Å². The second-order valence-electron chi connectivity index (χ2n) is 4.79. The van der Waals surface area contributed by atoms with Crippen molar-refractivity contribution in [1.82, 2.24) is 10.6 Å². The maximum atomic E-state index is 12.6. The Kier molecular flexibility index (Phi) is 5.14. The lowest BCUT2D eigenvalue weighted by Gasteiger charge is -2.25. The number of nitrogens with zero attached hydrogens (tertiary/aromatic N) is 1. The number of rotatable bonds is 4. The Balaban J connectivity index is 2.29. The summed E-state index contributed by atoms with van der Waals surface area (Å²) in [6.07, 6.45) is 0. The van der Waals surface area contributed by atoms with Gasteiger partial charge in [0.15, 0.2) is 0 Å². The summed E-state index contributed by atoms with van der Waals surface area (Å²) in [5, 5.41) is 5.22. The molecule has 0 bridgehead atoms. The van der Waals surface area contributed by atoms with E-state index in [1.165, 1.54) is 7.05 Å². The van der Waals surface area contributed by atoms with Gasteiger partial charge in [-0.2, -0.15) is 0 Å². The van der Waals surface area contributed by atoms with Gasteiger partial charge in [0.05, 0.1) is 11.4 Å². The zero-order valence-corrected chi connectivity index (χ0v) is 12.6. The van der Waals surface area contributed by atoms with Crippen LogP contribution < -0.4 is 15.5 Å². The minimum atomic E-state index is -0.618. The average molecular weight is 297 g/mol. The molecular weight excluding hydrogens is 278 g/mol. The van der Waals surface area contributed by atoms with Crippen molar-refractivity contribution in [3.05, 3.63) is 60.7 Å². The first-order valence-corrected chi connectivity index (χ1v) is 7.06. The summed E-state index contributed by atoms with van der Waals surface area (Å²) >= 11 is 0. The number of amides is 3. The fourth-order valence-corrected chi connectivity index (χ4v) is 2.07. The number of likely N-dealkylation sites (N-methyl/N-ethyl adjacent to an activating group) is 1. The van der Waals surface area contributed by atoms with E-state index in [-0.39, 0.29) is 11.9 Å². The summed E-state index contributed by atoms with van der Waals surface area (Å²) in [4.78, 5) is 25.7. The predicted molar refractivity (Wildman–Crippen MR) is 87.1 cm³/mol. The number of urea groups is 1. The first-order valence-electron chi connectivity index (χ1n) is 7.06. The van der Waals surface area contributed by atoms with Crippen molar-refractivity contribution in [2.75, 3.05) is 11.9 Å². The second-order valence-corrected chi connectivity index (χ2v) is 4.79. The van der Waals surface area contributed by atoms with Gasteiger partial charge in [0.2, 0.25) is 5.91 Å². The molecule has 0 aliphatic heterocycles. The van der Waals surface area contributed by atoms with E-state index in [0.717, 1.165) is 11.4 Å². The molecular formula is C17H19N3O2. The third-order valence-electron chi connectivity index (χ3n) is 3.21. The van der Waals surface area contributed by atoms with E-state index >= 15 is 0 Å². The zero-order valence-electron chi connectivity index (χ0n) is 12.6. The number of carbonyl (C=O) groups is 2. The normalized spacial score (nSPS) is 11.4. The zero-order chi connectivity index (χ0) is 15.9. The van der Waals surface area contributed by atoms with E-state index in [1.807, 2.05) is 60.7 Å². The van der Waals surface area contributed by atoms with Crippen LogP contribution in [0.1, 0.15) is 6.92 Å². The van der Waals surface area contributed by atoms with Crippen molar-refractivity contribution in [3.63, 3.8) is 0 Å². The van der Waals surface area contributed by atoms with Crippen molar-refractivity contribution in [2.45, 2.75) is 13.0 Å². The molecule has 2 N–H and O–H groups in total. The Bertz CT molecular complexity index is 589. The number of anilines is 2. The first kappa shape index (κ1) is 15.6. The van der Waals surface area contributed by atoms with Gasteiger partial charge in [0.25, 0.3) is 0 Å². The largest absolute Gasteiger partial charge is 0.357 e. The summed E-state index contributed by atoms with van der Waals surface area (Å²) in [7, 11) is 1.54. The van der Waals surface area contributed by atoms with Gasteiger partial charge >= 0.3 is 6.03 Å². The smallest absolute Gasteiger partial charge is 0.327 e. The van der Waals surface area contributed by atoms with E-state index in [9.17, 15) is 9.59 Å². The molecule has 22 heavy (non-hydrogen) atoms. The Morgan fingerprint density at radius 3 is 1.77 bits per heavy atom. The highest BCUT2D eigenvalue weighted by Gasteiger charge is 2.21. The molecule has 0 aromatic heterocycles. The van der Waals surface area contributed by atoms with Crippen LogP contribution in [0.2, 0.25) is 0 Å². The molecule has 1 atom stereocenters. The van der Waals surface area contributed by atoms with Crippen LogP contribution in [-0.4, -0.2) is 25.0 Å². The summed E-state index contributed by atoms with van der Waals surface area (Å²) in [5.41, 5.74) is 1.46. The second kappa shape index (κ2) is 7.26. The molecule has 2 aromatic rings. The molecule has 0 saturated heterocycles. The average Bonchev–Trinajstić information content (AvgIpc) is 2.56. The highest BCUT2D eigenvalue weighted by atomic mass is 16.2. The number of benzene rings is 2. The molecule has 5 nitrogen and oxygen atoms in total. The number of para-hydroxylation sites is 2. The highest BCUT2D eigenvalue weighted by molar-refractivity contribution is 6.01. The molecule has 5 heteroatoms. The summed E-state index contributed by atoms with van der Waals surface area (Å²) in [5.74, 6) is -0.241. The third kappa shape index (κ3) is 3.63. The first-order chi connectivity index (χ1) is 10.6. The van der Waals surface area contributed by atoms with Gasteiger partial charge in [0.1, 0.15) is 6.04 Å². The standard InChI is InChI=1S/C17H19N3O2/c1-13(16(21)18-2)19-17(22)20(14-9-5-3-6-10-14)15-11-7-4-8-12-15/h3-13H,1-2H3,(H,18,21)(H,19,22)/t13-/m1/s1. The van der Waals surface area contributed by atoms with Crippen LogP contribution in [0, 0.1) is 0 Å². The van der Waals surface area contributed by atoms with Gasteiger partial charge < -0.3 is 10.6 Å². The van der Waals surface area contributed by atoms with Crippen molar-refractivity contribution >= 4 is 23.3 Å². The molecule has 0 unspecified atom stereocenters. The van der Waals surface area contributed by atoms with Gasteiger partial charge in [-0.15, -0.1) is 0 Å². The van der Waals surface area contributed by atoms with Crippen molar-refractivity contribution in [3.8, 4) is 0 Å². The number of carbonyl (C=O) groups excluding carboxylic acids is 2. The Morgan fingerprint density at radius 1 is 0.909 bits per heavy atom. The van der Waals surface area contributed by atoms with Crippen LogP contribution >= 0.6 is 0 Å². The minimum Gasteiger partial charge on any atom is -0.357 e. The molecule has 0 saturated carbocycles. The van der Waals surface area contributed by atoms with Crippen LogP contribution in [0.4, 0.5) is 16.2 Å². The SMILES string of the molecule is CNC(=O)[C@@H](C)NC(=O)N(c1ccccc1)c1ccccc1. The highest BCUT2D eigenvalue weighted by Crippen LogP contribution is 2.24. The summed E-state index contributed by atoms with van der Waals surface area (Å²) in [6.45, 7) is 1.64. The molecule has 0 aliphatic rings. The molecule has 0 aliphatic carbocycles. The third-order valence-corrected chi connectivity index (χ3v) is 3.21. The maximum absolute atomic E-state index is 12.6. The van der Waals surface area contributed by atoms with Crippen molar-refractivity contribution in [1.29, 1.82) is 0 Å². The molecule has 0 fully saturated rings. The fourth-order valence-electron chi connectivity index (χ4n) is 2.07. The van der Waals surface area contributed by atoms with E-state index < -0.39 is 6.04 Å². The quantitative estimate of drug-likeness (QED) is 0.911. The van der Waals surface area contributed by atoms with Crippen molar-refractivity contribution in [2.24, 2.45) is 0 Å². The Morgan fingerprint density at radius 2 is 1.36 bits per heavy atom. The van der Waals surface area contributed by atoms with Crippen LogP contribution in [0.25, 0.3) is 0 Å². The van der Waals surface area contributed by atoms with Gasteiger partial charge in [-0.1, -0.05) is 36.4 Å². The molecule has 0 heterocycles. The summed E-state index contributed by atoms with van der Waals surface area (Å²) in [6, 6.07) is 17.6. The lowest BCUT2D eigenvalue weighted by atomic mass is 10.2. The topological polar surface area (TPSA) is 61.4 Å². The molecule has 2 rings (SSSR count). The number of hydrogen-bond donors (Lipinski definition) is 2. The van der Waals surface area contributed by atoms with Gasteiger partial charge in [-0.25, -0.2) is 4.79 Å². The van der Waals surface area contributed by atoms with Crippen LogP contribution in [0.3, 0.4) is 0 Å². The monoisotopic (exact) mass is 297 g/mol. The van der Waals surface area contributed by atoms with E-state index in [4.69, 9.17) is 0 Å². The van der Waals surface area contributed by atoms with Gasteiger partial charge in [0, 0.05) is 7.05 Å². The van der Waals surface area contributed by atoms with Crippen molar-refractivity contribution < 1.29 is 9.59 Å². The fraction of sp³-hybridized carbons (Fsp3) is 0.176. The lowest BCUT2D eigenvalue weighted by Crippen LogP contribution is -2.48. The maximum Gasteiger partial charge on any atom is 0.327 e. The number of nitrogens with one attached hydrogen (secondary N) is 2. The summed E-state index contributed by atoms with van der Waals surface area (Å²) < 4.78 is 0. The Labute approximate surface area is 129 Å². The minimum absolute atomic E-state index is 0.241. The van der Waals surface area contributed by atoms with Crippen LogP contribution in [0.15, 0.2) is 60.7 Å². The lowest BCUT2D eigenvalue weighted by molar-refractivity contribution is -0.122. The van der Waals surface area contributed by atoms with Crippen LogP contribution in [0.5, 0.6) is 0 Å². The molecule has 3 amide bonds. The Hall–Kier alpha value is -2.82. The molecule has 114 valence electrons. The molecule has 0 spiro atoms. The predicted octanol–water partition coefficient (Wildman–Crippen LogP) is 2.67. The van der Waals surface area contributed by atoms with E-state index in [2.05, 4.69) is 10.6 Å². The van der Waals surface area contributed by atoms with E-state index in [1.54, 1.807) is 11.8 Å². The molecule has 0 radical (unpaired) electrons. The molecule has 2 aromatic carbocycles. The van der Waals surface area contributed by atoms with Crippen LogP contribution in [-0.2, 0) is 4.79 Å².